The first kappa shape index (κ1) is 17.5. The maximum Gasteiger partial charge on any atom is 0.322 e. The van der Waals surface area contributed by atoms with Crippen molar-refractivity contribution in [3.63, 3.8) is 0 Å². The number of aromatic nitrogens is 2. The monoisotopic (exact) mass is 369 g/mol. The second-order valence-electron chi connectivity index (χ2n) is 7.15. The lowest BCUT2D eigenvalue weighted by atomic mass is 9.96. The van der Waals surface area contributed by atoms with Crippen LogP contribution in [-0.4, -0.2) is 53.2 Å². The normalized spacial score (nSPS) is 20.1. The predicted molar refractivity (Wildman–Crippen MR) is 98.8 cm³/mol. The maximum atomic E-state index is 13.1. The van der Waals surface area contributed by atoms with Gasteiger partial charge in [0.1, 0.15) is 0 Å². The molecule has 0 radical (unpaired) electrons. The Morgan fingerprint density at radius 3 is 2.85 bits per heavy atom. The number of carbonyl (C=O) groups is 2. The molecule has 4 rings (SSSR count). The molecule has 2 aliphatic heterocycles. The van der Waals surface area contributed by atoms with Crippen LogP contribution in [-0.2, 0) is 0 Å². The molecule has 8 nitrogen and oxygen atoms in total. The quantitative estimate of drug-likeness (QED) is 0.896. The average Bonchev–Trinajstić information content (AvgIpc) is 3.30. The number of nitrogens with one attached hydrogen (secondary N) is 1. The Morgan fingerprint density at radius 2 is 2.15 bits per heavy atom. The highest BCUT2D eigenvalue weighted by Crippen LogP contribution is 2.28. The van der Waals surface area contributed by atoms with Crippen LogP contribution < -0.4 is 10.2 Å². The molecule has 1 aromatic carbocycles. The maximum absolute atomic E-state index is 13.1. The fourth-order valence-corrected chi connectivity index (χ4v) is 3.77. The second-order valence-corrected chi connectivity index (χ2v) is 7.15. The van der Waals surface area contributed by atoms with Crippen molar-refractivity contribution in [1.82, 2.24) is 20.4 Å². The molecule has 0 bridgehead atoms. The van der Waals surface area contributed by atoms with Gasteiger partial charge in [0.2, 0.25) is 5.89 Å². The number of rotatable bonds is 3. The van der Waals surface area contributed by atoms with E-state index in [1.165, 1.54) is 0 Å². The van der Waals surface area contributed by atoms with Crippen molar-refractivity contribution in [3.05, 3.63) is 41.0 Å². The molecule has 0 aliphatic carbocycles. The molecule has 3 heterocycles. The van der Waals surface area contributed by atoms with Crippen LogP contribution in [0.25, 0.3) is 0 Å². The summed E-state index contributed by atoms with van der Waals surface area (Å²) in [7, 11) is 0. The van der Waals surface area contributed by atoms with Gasteiger partial charge in [0.05, 0.1) is 0 Å². The molecule has 1 N–H and O–H groups in total. The molecule has 2 saturated heterocycles. The van der Waals surface area contributed by atoms with Gasteiger partial charge in [-0.25, -0.2) is 4.79 Å². The van der Waals surface area contributed by atoms with E-state index in [0.717, 1.165) is 24.1 Å². The van der Waals surface area contributed by atoms with E-state index in [9.17, 15) is 9.59 Å². The Labute approximate surface area is 157 Å². The van der Waals surface area contributed by atoms with E-state index >= 15 is 0 Å². The molecule has 1 aromatic heterocycles. The van der Waals surface area contributed by atoms with E-state index in [1.54, 1.807) is 11.8 Å². The molecular weight excluding hydrogens is 346 g/mol. The van der Waals surface area contributed by atoms with Gasteiger partial charge in [-0.3, -0.25) is 9.69 Å². The van der Waals surface area contributed by atoms with E-state index in [1.807, 2.05) is 30.0 Å². The van der Waals surface area contributed by atoms with Crippen LogP contribution in [0.4, 0.5) is 10.5 Å². The molecule has 27 heavy (non-hydrogen) atoms. The molecule has 142 valence electrons. The zero-order valence-electron chi connectivity index (χ0n) is 15.6. The lowest BCUT2D eigenvalue weighted by Crippen LogP contribution is -2.39. The number of piperidine rings is 1. The first-order valence-corrected chi connectivity index (χ1v) is 9.28. The van der Waals surface area contributed by atoms with Crippen LogP contribution in [0.2, 0.25) is 0 Å². The third-order valence-corrected chi connectivity index (χ3v) is 5.22. The molecule has 1 atom stereocenters. The number of hydrogen-bond donors (Lipinski definition) is 1. The highest BCUT2D eigenvalue weighted by molar-refractivity contribution is 5.99. The molecule has 8 heteroatoms. The van der Waals surface area contributed by atoms with Crippen LogP contribution in [0.3, 0.4) is 0 Å². The number of anilines is 1. The first-order chi connectivity index (χ1) is 13.0. The van der Waals surface area contributed by atoms with Gasteiger partial charge >= 0.3 is 6.03 Å². The Balaban J connectivity index is 1.54. The third kappa shape index (κ3) is 3.39. The summed E-state index contributed by atoms with van der Waals surface area (Å²) in [6.45, 7) is 6.23. The van der Waals surface area contributed by atoms with Gasteiger partial charge in [-0.2, -0.15) is 4.98 Å². The largest absolute Gasteiger partial charge is 0.340 e. The average molecular weight is 369 g/mol. The van der Waals surface area contributed by atoms with E-state index in [4.69, 9.17) is 4.52 Å². The van der Waals surface area contributed by atoms with Crippen LogP contribution in [0, 0.1) is 13.8 Å². The standard InChI is InChI=1S/C19H23N5O3/c1-12-5-6-14(10-16(12)24-9-7-20-19(24)26)18(25)23-8-3-4-15(11-23)17-21-13(2)27-22-17/h5-6,10,15H,3-4,7-9,11H2,1-2H3,(H,20,26)/t15-/m0/s1. The van der Waals surface area contributed by atoms with Gasteiger partial charge in [-0.1, -0.05) is 11.2 Å². The lowest BCUT2D eigenvalue weighted by Gasteiger charge is -2.31. The smallest absolute Gasteiger partial charge is 0.322 e. The topological polar surface area (TPSA) is 91.6 Å². The van der Waals surface area contributed by atoms with Crippen LogP contribution >= 0.6 is 0 Å². The summed E-state index contributed by atoms with van der Waals surface area (Å²) in [6, 6.07) is 5.44. The van der Waals surface area contributed by atoms with E-state index in [2.05, 4.69) is 15.5 Å². The molecular formula is C19H23N5O3. The van der Waals surface area contributed by atoms with Crippen LogP contribution in [0.1, 0.15) is 46.4 Å². The number of hydrogen-bond acceptors (Lipinski definition) is 5. The molecule has 3 amide bonds. The van der Waals surface area contributed by atoms with Gasteiger partial charge in [0.25, 0.3) is 5.91 Å². The minimum absolute atomic E-state index is 0.0271. The number of nitrogens with zero attached hydrogens (tertiary/aromatic N) is 4. The Kier molecular flexibility index (Phi) is 4.55. The number of amides is 3. The summed E-state index contributed by atoms with van der Waals surface area (Å²) in [5.74, 6) is 1.28. The summed E-state index contributed by atoms with van der Waals surface area (Å²) in [5, 5.41) is 6.82. The van der Waals surface area contributed by atoms with Crippen molar-refractivity contribution < 1.29 is 14.1 Å². The Morgan fingerprint density at radius 1 is 1.30 bits per heavy atom. The van der Waals surface area contributed by atoms with Gasteiger partial charge in [0.15, 0.2) is 5.82 Å². The minimum atomic E-state index is -0.117. The molecule has 0 spiro atoms. The second kappa shape index (κ2) is 7.02. The van der Waals surface area contributed by atoms with Crippen molar-refractivity contribution in [2.75, 3.05) is 31.1 Å². The van der Waals surface area contributed by atoms with Crippen molar-refractivity contribution >= 4 is 17.6 Å². The number of urea groups is 1. The van der Waals surface area contributed by atoms with Gasteiger partial charge in [-0.05, 0) is 37.5 Å². The molecule has 0 unspecified atom stereocenters. The van der Waals surface area contributed by atoms with Crippen LogP contribution in [0.15, 0.2) is 22.7 Å². The summed E-state index contributed by atoms with van der Waals surface area (Å²) in [6.07, 6.45) is 1.84. The number of carbonyl (C=O) groups excluding carboxylic acids is 2. The molecule has 2 fully saturated rings. The minimum Gasteiger partial charge on any atom is -0.340 e. The van der Waals surface area contributed by atoms with Gasteiger partial charge in [0, 0.05) is 50.3 Å². The van der Waals surface area contributed by atoms with E-state index in [0.29, 0.717) is 43.5 Å². The number of benzene rings is 1. The fraction of sp³-hybridized carbons (Fsp3) is 0.474. The molecule has 0 saturated carbocycles. The fourth-order valence-electron chi connectivity index (χ4n) is 3.77. The summed E-state index contributed by atoms with van der Waals surface area (Å²) >= 11 is 0. The van der Waals surface area contributed by atoms with Crippen molar-refractivity contribution in [2.45, 2.75) is 32.6 Å². The lowest BCUT2D eigenvalue weighted by molar-refractivity contribution is 0.0703. The van der Waals surface area contributed by atoms with Crippen molar-refractivity contribution in [3.8, 4) is 0 Å². The Bertz CT molecular complexity index is 878. The highest BCUT2D eigenvalue weighted by atomic mass is 16.5. The third-order valence-electron chi connectivity index (χ3n) is 5.22. The van der Waals surface area contributed by atoms with Gasteiger partial charge in [-0.15, -0.1) is 0 Å². The summed E-state index contributed by atoms with van der Waals surface area (Å²) < 4.78 is 5.09. The van der Waals surface area contributed by atoms with E-state index < -0.39 is 0 Å². The zero-order valence-corrected chi connectivity index (χ0v) is 15.6. The number of aryl methyl sites for hydroxylation is 2. The first-order valence-electron chi connectivity index (χ1n) is 9.28. The van der Waals surface area contributed by atoms with Crippen LogP contribution in [0.5, 0.6) is 0 Å². The van der Waals surface area contributed by atoms with Crippen molar-refractivity contribution in [2.24, 2.45) is 0 Å². The summed E-state index contributed by atoms with van der Waals surface area (Å²) in [5.41, 5.74) is 2.36. The predicted octanol–water partition coefficient (Wildman–Crippen LogP) is 2.24. The van der Waals surface area contributed by atoms with Gasteiger partial charge < -0.3 is 14.7 Å². The number of likely N-dealkylation sites (tertiary alicyclic amines) is 1. The Hall–Kier alpha value is -2.90. The summed E-state index contributed by atoms with van der Waals surface area (Å²) in [4.78, 5) is 32.9. The SMILES string of the molecule is Cc1nc([C@H]2CCCN(C(=O)c3ccc(C)c(N4CCNC4=O)c3)C2)no1. The molecule has 2 aromatic rings. The molecule has 2 aliphatic rings. The highest BCUT2D eigenvalue weighted by Gasteiger charge is 2.29. The zero-order chi connectivity index (χ0) is 19.0. The van der Waals surface area contributed by atoms with Crippen molar-refractivity contribution in [1.29, 1.82) is 0 Å². The van der Waals surface area contributed by atoms with E-state index in [-0.39, 0.29) is 17.9 Å².